The molecule has 1 aliphatic heterocycles. The van der Waals surface area contributed by atoms with Crippen LogP contribution in [0.25, 0.3) is 0 Å². The number of unbranched alkanes of at least 4 members (excludes halogenated alkanes) is 3. The van der Waals surface area contributed by atoms with Crippen molar-refractivity contribution in [1.82, 2.24) is 4.90 Å². The van der Waals surface area contributed by atoms with Gasteiger partial charge in [0.2, 0.25) is 0 Å². The Kier molecular flexibility index (Phi) is 10.9. The summed E-state index contributed by atoms with van der Waals surface area (Å²) in [6.45, 7) is 5.41. The van der Waals surface area contributed by atoms with E-state index in [0.717, 1.165) is 43.8 Å². The summed E-state index contributed by atoms with van der Waals surface area (Å²) in [7, 11) is 1.69. The maximum Gasteiger partial charge on any atom is 0.118 e. The molecular formula is C27H40ClNO2. The van der Waals surface area contributed by atoms with E-state index in [1.54, 1.807) is 7.11 Å². The van der Waals surface area contributed by atoms with Crippen LogP contribution in [0.4, 0.5) is 0 Å². The van der Waals surface area contributed by atoms with Gasteiger partial charge < -0.3 is 14.7 Å². The summed E-state index contributed by atoms with van der Waals surface area (Å²) in [6.07, 6.45) is 9.27. The van der Waals surface area contributed by atoms with Crippen LogP contribution in [-0.4, -0.2) is 36.8 Å². The molecule has 3 nitrogen and oxygen atoms in total. The first-order valence-corrected chi connectivity index (χ1v) is 11.8. The number of hydrogen-bond donors (Lipinski definition) is 1. The second-order valence-electron chi connectivity index (χ2n) is 8.79. The van der Waals surface area contributed by atoms with Crippen LogP contribution >= 0.6 is 12.4 Å². The molecule has 0 aromatic heterocycles. The third-order valence-corrected chi connectivity index (χ3v) is 6.67. The fraction of sp³-hybridized carbons (Fsp3) is 0.556. The summed E-state index contributed by atoms with van der Waals surface area (Å²) in [4.78, 5) is 2.56. The van der Waals surface area contributed by atoms with Crippen LogP contribution in [0.3, 0.4) is 0 Å². The van der Waals surface area contributed by atoms with Gasteiger partial charge in [0.05, 0.1) is 12.7 Å². The van der Waals surface area contributed by atoms with Crippen molar-refractivity contribution in [1.29, 1.82) is 0 Å². The molecule has 0 aliphatic carbocycles. The molecule has 1 saturated heterocycles. The van der Waals surface area contributed by atoms with Crippen LogP contribution in [0.15, 0.2) is 54.6 Å². The molecule has 3 rings (SSSR count). The van der Waals surface area contributed by atoms with Gasteiger partial charge in [-0.1, -0.05) is 81.5 Å². The third-order valence-electron chi connectivity index (χ3n) is 6.67. The standard InChI is InChI=1S/C27H39NO2.ClH/c1-3-4-5-10-19-27(29,24-15-17-25(30-2)18-16-24)26(23-13-8-6-9-14-23)22-28-20-11-7-12-21-28;/h6,8-9,13-18,26,29H,3-5,7,10-12,19-22H2,1-2H3;1H. The van der Waals surface area contributed by atoms with E-state index in [4.69, 9.17) is 4.74 Å². The van der Waals surface area contributed by atoms with Crippen molar-refractivity contribution >= 4 is 12.4 Å². The highest BCUT2D eigenvalue weighted by molar-refractivity contribution is 5.85. The lowest BCUT2D eigenvalue weighted by Gasteiger charge is -2.41. The zero-order valence-corrected chi connectivity index (χ0v) is 20.1. The van der Waals surface area contributed by atoms with Crippen molar-refractivity contribution < 1.29 is 9.84 Å². The van der Waals surface area contributed by atoms with Crippen molar-refractivity contribution in [3.05, 3.63) is 65.7 Å². The number of piperidine rings is 1. The number of nitrogens with zero attached hydrogens (tertiary/aromatic N) is 1. The smallest absolute Gasteiger partial charge is 0.118 e. The zero-order valence-electron chi connectivity index (χ0n) is 19.3. The lowest BCUT2D eigenvalue weighted by molar-refractivity contribution is -0.0167. The fourth-order valence-electron chi connectivity index (χ4n) is 4.84. The number of halogens is 1. The van der Waals surface area contributed by atoms with Crippen molar-refractivity contribution in [2.75, 3.05) is 26.7 Å². The highest BCUT2D eigenvalue weighted by Gasteiger charge is 2.40. The second kappa shape index (κ2) is 13.1. The molecule has 0 radical (unpaired) electrons. The number of benzene rings is 2. The Labute approximate surface area is 195 Å². The van der Waals surface area contributed by atoms with E-state index < -0.39 is 5.60 Å². The molecule has 2 aromatic rings. The van der Waals surface area contributed by atoms with Crippen molar-refractivity contribution in [3.8, 4) is 5.75 Å². The predicted octanol–water partition coefficient (Wildman–Crippen LogP) is 6.54. The van der Waals surface area contributed by atoms with Gasteiger partial charge in [-0.2, -0.15) is 0 Å². The molecule has 31 heavy (non-hydrogen) atoms. The Balaban J connectivity index is 0.00000341. The second-order valence-corrected chi connectivity index (χ2v) is 8.79. The van der Waals surface area contributed by atoms with Crippen molar-refractivity contribution in [2.24, 2.45) is 0 Å². The van der Waals surface area contributed by atoms with Gasteiger partial charge in [-0.15, -0.1) is 12.4 Å². The largest absolute Gasteiger partial charge is 0.497 e. The first kappa shape index (κ1) is 25.7. The Morgan fingerprint density at radius 1 is 0.935 bits per heavy atom. The Morgan fingerprint density at radius 2 is 1.61 bits per heavy atom. The SMILES string of the molecule is CCCCCCC(O)(c1ccc(OC)cc1)C(CN1CCCCC1)c1ccccc1.Cl. The molecule has 2 atom stereocenters. The quantitative estimate of drug-likeness (QED) is 0.398. The number of aliphatic hydroxyl groups is 1. The highest BCUT2D eigenvalue weighted by Crippen LogP contribution is 2.42. The minimum absolute atomic E-state index is 0. The zero-order chi connectivity index (χ0) is 21.2. The fourth-order valence-corrected chi connectivity index (χ4v) is 4.84. The normalized spacial score (nSPS) is 17.4. The first-order chi connectivity index (χ1) is 14.7. The summed E-state index contributed by atoms with van der Waals surface area (Å²) in [5.74, 6) is 0.881. The Morgan fingerprint density at radius 3 is 2.23 bits per heavy atom. The molecule has 0 spiro atoms. The van der Waals surface area contributed by atoms with Gasteiger partial charge in [0.15, 0.2) is 0 Å². The maximum absolute atomic E-state index is 12.3. The summed E-state index contributed by atoms with van der Waals surface area (Å²) < 4.78 is 5.37. The first-order valence-electron chi connectivity index (χ1n) is 11.8. The van der Waals surface area contributed by atoms with Crippen LogP contribution in [0.5, 0.6) is 5.75 Å². The van der Waals surface area contributed by atoms with Gasteiger partial charge >= 0.3 is 0 Å². The Hall–Kier alpha value is -1.55. The number of likely N-dealkylation sites (tertiary alicyclic amines) is 1. The average molecular weight is 446 g/mol. The number of ether oxygens (including phenoxy) is 1. The van der Waals surface area contributed by atoms with Crippen molar-refractivity contribution in [3.63, 3.8) is 0 Å². The van der Waals surface area contributed by atoms with E-state index in [1.807, 2.05) is 12.1 Å². The minimum atomic E-state index is -0.890. The number of methoxy groups -OCH3 is 1. The summed E-state index contributed by atoms with van der Waals surface area (Å²) >= 11 is 0. The third kappa shape index (κ3) is 6.97. The molecule has 0 saturated carbocycles. The van der Waals surface area contributed by atoms with E-state index >= 15 is 0 Å². The van der Waals surface area contributed by atoms with Crippen LogP contribution in [0.2, 0.25) is 0 Å². The van der Waals surface area contributed by atoms with Gasteiger partial charge in [-0.05, 0) is 55.6 Å². The molecular weight excluding hydrogens is 406 g/mol. The molecule has 172 valence electrons. The van der Waals surface area contributed by atoms with E-state index in [2.05, 4.69) is 54.3 Å². The summed E-state index contributed by atoms with van der Waals surface area (Å²) in [5, 5.41) is 12.3. The Bertz CT molecular complexity index is 731. The predicted molar refractivity (Wildman–Crippen MR) is 132 cm³/mol. The van der Waals surface area contributed by atoms with Gasteiger partial charge in [0.1, 0.15) is 5.75 Å². The summed E-state index contributed by atoms with van der Waals surface area (Å²) in [5.41, 5.74) is 1.35. The van der Waals surface area contributed by atoms with Crippen LogP contribution < -0.4 is 4.74 Å². The van der Waals surface area contributed by atoms with E-state index in [1.165, 1.54) is 44.1 Å². The molecule has 0 amide bonds. The monoisotopic (exact) mass is 445 g/mol. The van der Waals surface area contributed by atoms with Crippen LogP contribution in [0, 0.1) is 0 Å². The van der Waals surface area contributed by atoms with Gasteiger partial charge in [-0.3, -0.25) is 0 Å². The number of rotatable bonds is 11. The van der Waals surface area contributed by atoms with E-state index in [-0.39, 0.29) is 18.3 Å². The molecule has 0 bridgehead atoms. The van der Waals surface area contributed by atoms with Crippen LogP contribution in [0.1, 0.15) is 75.3 Å². The van der Waals surface area contributed by atoms with Crippen molar-refractivity contribution in [2.45, 2.75) is 69.8 Å². The molecule has 1 aliphatic rings. The minimum Gasteiger partial charge on any atom is -0.497 e. The van der Waals surface area contributed by atoms with Crippen LogP contribution in [-0.2, 0) is 5.60 Å². The topological polar surface area (TPSA) is 32.7 Å². The lowest BCUT2D eigenvalue weighted by Crippen LogP contribution is -2.42. The molecule has 4 heteroatoms. The molecule has 1 N–H and O–H groups in total. The molecule has 2 unspecified atom stereocenters. The summed E-state index contributed by atoms with van der Waals surface area (Å²) in [6, 6.07) is 18.7. The number of hydrogen-bond acceptors (Lipinski definition) is 3. The average Bonchev–Trinajstić information content (AvgIpc) is 2.81. The van der Waals surface area contributed by atoms with Gasteiger partial charge in [0.25, 0.3) is 0 Å². The molecule has 1 heterocycles. The molecule has 1 fully saturated rings. The molecule has 2 aromatic carbocycles. The highest BCUT2D eigenvalue weighted by atomic mass is 35.5. The maximum atomic E-state index is 12.3. The van der Waals surface area contributed by atoms with E-state index in [0.29, 0.717) is 0 Å². The van der Waals surface area contributed by atoms with E-state index in [9.17, 15) is 5.11 Å². The van der Waals surface area contributed by atoms with Gasteiger partial charge in [0, 0.05) is 12.5 Å². The van der Waals surface area contributed by atoms with Gasteiger partial charge in [-0.25, -0.2) is 0 Å². The lowest BCUT2D eigenvalue weighted by atomic mass is 9.73.